The monoisotopic (exact) mass is 369 g/mol. The average Bonchev–Trinajstić information content (AvgIpc) is 2.73. The summed E-state index contributed by atoms with van der Waals surface area (Å²) in [7, 11) is 1.61. The first kappa shape index (κ1) is 17.3. The van der Waals surface area contributed by atoms with Crippen molar-refractivity contribution in [3.63, 3.8) is 0 Å². The first-order valence-electron chi connectivity index (χ1n) is 9.07. The molecule has 2 aliphatic rings. The Labute approximate surface area is 158 Å². The van der Waals surface area contributed by atoms with E-state index in [4.69, 9.17) is 14.2 Å². The van der Waals surface area contributed by atoms with Crippen LogP contribution in [-0.4, -0.2) is 57.4 Å². The summed E-state index contributed by atoms with van der Waals surface area (Å²) < 4.78 is 16.4. The van der Waals surface area contributed by atoms with Crippen molar-refractivity contribution < 1.29 is 19.0 Å². The molecule has 2 heterocycles. The van der Waals surface area contributed by atoms with E-state index in [0.717, 1.165) is 41.7 Å². The SMILES string of the molecule is COc1cccc(NC(=O)N2CCN(c3ccc4c(c3)OCCO4)CC2)c1. The number of rotatable bonds is 3. The molecule has 1 saturated heterocycles. The van der Waals surface area contributed by atoms with Crippen LogP contribution in [0, 0.1) is 0 Å². The van der Waals surface area contributed by atoms with Crippen LogP contribution in [0.5, 0.6) is 17.2 Å². The van der Waals surface area contributed by atoms with Crippen LogP contribution < -0.4 is 24.4 Å². The van der Waals surface area contributed by atoms with E-state index in [1.165, 1.54) is 0 Å². The van der Waals surface area contributed by atoms with Gasteiger partial charge in [0.05, 0.1) is 7.11 Å². The minimum absolute atomic E-state index is 0.0925. The Morgan fingerprint density at radius 2 is 1.78 bits per heavy atom. The van der Waals surface area contributed by atoms with Crippen molar-refractivity contribution in [1.29, 1.82) is 0 Å². The number of carbonyl (C=O) groups excluding carboxylic acids is 1. The maximum absolute atomic E-state index is 12.5. The number of methoxy groups -OCH3 is 1. The molecule has 0 spiro atoms. The van der Waals surface area contributed by atoms with Gasteiger partial charge in [-0.2, -0.15) is 0 Å². The van der Waals surface area contributed by atoms with Crippen molar-refractivity contribution in [2.75, 3.05) is 56.7 Å². The summed E-state index contributed by atoms with van der Waals surface area (Å²) >= 11 is 0. The number of amides is 2. The molecule has 142 valence electrons. The van der Waals surface area contributed by atoms with Gasteiger partial charge in [-0.1, -0.05) is 6.07 Å². The standard InChI is InChI=1S/C20H23N3O4/c1-25-17-4-2-3-15(13-17)21-20(24)23-9-7-22(8-10-23)16-5-6-18-19(14-16)27-12-11-26-18/h2-6,13-14H,7-12H2,1H3,(H,21,24). The number of hydrogen-bond donors (Lipinski definition) is 1. The number of benzene rings is 2. The summed E-state index contributed by atoms with van der Waals surface area (Å²) in [4.78, 5) is 16.6. The van der Waals surface area contributed by atoms with Gasteiger partial charge in [0, 0.05) is 49.7 Å². The van der Waals surface area contributed by atoms with Crippen molar-refractivity contribution in [2.24, 2.45) is 0 Å². The molecule has 7 nitrogen and oxygen atoms in total. The summed E-state index contributed by atoms with van der Waals surface area (Å²) in [6.07, 6.45) is 0. The van der Waals surface area contributed by atoms with E-state index in [1.807, 2.05) is 47.4 Å². The van der Waals surface area contributed by atoms with Gasteiger partial charge in [0.1, 0.15) is 19.0 Å². The van der Waals surface area contributed by atoms with Crippen molar-refractivity contribution in [1.82, 2.24) is 4.90 Å². The molecule has 0 unspecified atom stereocenters. The zero-order valence-electron chi connectivity index (χ0n) is 15.3. The van der Waals surface area contributed by atoms with E-state index < -0.39 is 0 Å². The van der Waals surface area contributed by atoms with E-state index in [0.29, 0.717) is 26.3 Å². The molecule has 2 aromatic rings. The largest absolute Gasteiger partial charge is 0.497 e. The van der Waals surface area contributed by atoms with Gasteiger partial charge >= 0.3 is 6.03 Å². The summed E-state index contributed by atoms with van der Waals surface area (Å²) in [5.41, 5.74) is 1.82. The number of nitrogens with one attached hydrogen (secondary N) is 1. The van der Waals surface area contributed by atoms with Crippen molar-refractivity contribution in [3.05, 3.63) is 42.5 Å². The fourth-order valence-electron chi connectivity index (χ4n) is 3.30. The van der Waals surface area contributed by atoms with Gasteiger partial charge in [-0.05, 0) is 24.3 Å². The Hall–Kier alpha value is -3.09. The van der Waals surface area contributed by atoms with Gasteiger partial charge in [0.15, 0.2) is 11.5 Å². The van der Waals surface area contributed by atoms with Gasteiger partial charge in [-0.25, -0.2) is 4.79 Å². The third-order valence-electron chi connectivity index (χ3n) is 4.78. The number of fused-ring (bicyclic) bond motifs is 1. The smallest absolute Gasteiger partial charge is 0.321 e. The first-order chi connectivity index (χ1) is 13.2. The molecule has 2 amide bonds. The Balaban J connectivity index is 1.35. The van der Waals surface area contributed by atoms with E-state index in [2.05, 4.69) is 10.2 Å². The molecule has 27 heavy (non-hydrogen) atoms. The highest BCUT2D eigenvalue weighted by molar-refractivity contribution is 5.89. The Morgan fingerprint density at radius 3 is 2.56 bits per heavy atom. The normalized spacial score (nSPS) is 16.0. The predicted molar refractivity (Wildman–Crippen MR) is 103 cm³/mol. The molecule has 0 bridgehead atoms. The number of ether oxygens (including phenoxy) is 3. The van der Waals surface area contributed by atoms with Crippen LogP contribution in [0.1, 0.15) is 0 Å². The van der Waals surface area contributed by atoms with Crippen LogP contribution in [0.25, 0.3) is 0 Å². The number of urea groups is 1. The third-order valence-corrected chi connectivity index (χ3v) is 4.78. The topological polar surface area (TPSA) is 63.3 Å². The Kier molecular flexibility index (Phi) is 4.91. The van der Waals surface area contributed by atoms with E-state index in [-0.39, 0.29) is 6.03 Å². The highest BCUT2D eigenvalue weighted by Crippen LogP contribution is 2.34. The van der Waals surface area contributed by atoms with Crippen LogP contribution in [0.3, 0.4) is 0 Å². The molecule has 4 rings (SSSR count). The lowest BCUT2D eigenvalue weighted by molar-refractivity contribution is 0.171. The molecule has 1 N–H and O–H groups in total. The summed E-state index contributed by atoms with van der Waals surface area (Å²) in [6.45, 7) is 4.02. The van der Waals surface area contributed by atoms with Gasteiger partial charge < -0.3 is 29.3 Å². The van der Waals surface area contributed by atoms with Crippen LogP contribution in [0.15, 0.2) is 42.5 Å². The first-order valence-corrected chi connectivity index (χ1v) is 9.07. The minimum atomic E-state index is -0.0925. The lowest BCUT2D eigenvalue weighted by atomic mass is 10.2. The summed E-state index contributed by atoms with van der Waals surface area (Å²) in [5.74, 6) is 2.30. The molecule has 2 aromatic carbocycles. The van der Waals surface area contributed by atoms with Crippen LogP contribution >= 0.6 is 0 Å². The number of anilines is 2. The maximum atomic E-state index is 12.5. The fraction of sp³-hybridized carbons (Fsp3) is 0.350. The van der Waals surface area contributed by atoms with Crippen molar-refractivity contribution in [2.45, 2.75) is 0 Å². The molecule has 7 heteroatoms. The highest BCUT2D eigenvalue weighted by atomic mass is 16.6. The van der Waals surface area contributed by atoms with Crippen LogP contribution in [-0.2, 0) is 0 Å². The molecule has 0 atom stereocenters. The second kappa shape index (κ2) is 7.65. The highest BCUT2D eigenvalue weighted by Gasteiger charge is 2.22. The van der Waals surface area contributed by atoms with Gasteiger partial charge in [0.25, 0.3) is 0 Å². The molecular weight excluding hydrogens is 346 g/mol. The third kappa shape index (κ3) is 3.86. The Morgan fingerprint density at radius 1 is 1.00 bits per heavy atom. The minimum Gasteiger partial charge on any atom is -0.497 e. The number of hydrogen-bond acceptors (Lipinski definition) is 5. The molecule has 1 fully saturated rings. The molecule has 0 aliphatic carbocycles. The van der Waals surface area contributed by atoms with Gasteiger partial charge in [-0.3, -0.25) is 0 Å². The lowest BCUT2D eigenvalue weighted by Gasteiger charge is -2.36. The quantitative estimate of drug-likeness (QED) is 0.901. The van der Waals surface area contributed by atoms with Gasteiger partial charge in [0.2, 0.25) is 0 Å². The summed E-state index contributed by atoms with van der Waals surface area (Å²) in [5, 5.41) is 2.93. The zero-order chi connectivity index (χ0) is 18.6. The maximum Gasteiger partial charge on any atom is 0.321 e. The van der Waals surface area contributed by atoms with Crippen LogP contribution in [0.4, 0.5) is 16.2 Å². The van der Waals surface area contributed by atoms with Crippen LogP contribution in [0.2, 0.25) is 0 Å². The number of carbonyl (C=O) groups is 1. The number of piperazine rings is 1. The molecule has 2 aliphatic heterocycles. The molecule has 0 radical (unpaired) electrons. The van der Waals surface area contributed by atoms with Crippen molar-refractivity contribution in [3.8, 4) is 17.2 Å². The van der Waals surface area contributed by atoms with E-state index in [1.54, 1.807) is 7.11 Å². The lowest BCUT2D eigenvalue weighted by Crippen LogP contribution is -2.50. The Bertz CT molecular complexity index is 819. The predicted octanol–water partition coefficient (Wildman–Crippen LogP) is 2.82. The van der Waals surface area contributed by atoms with Gasteiger partial charge in [-0.15, -0.1) is 0 Å². The number of nitrogens with zero attached hydrogens (tertiary/aromatic N) is 2. The second-order valence-corrected chi connectivity index (χ2v) is 6.46. The molecule has 0 aromatic heterocycles. The molecular formula is C20H23N3O4. The summed E-state index contributed by atoms with van der Waals surface area (Å²) in [6, 6.07) is 13.3. The average molecular weight is 369 g/mol. The van der Waals surface area contributed by atoms with Crippen molar-refractivity contribution >= 4 is 17.4 Å². The second-order valence-electron chi connectivity index (χ2n) is 6.46. The zero-order valence-corrected chi connectivity index (χ0v) is 15.3. The van der Waals surface area contributed by atoms with E-state index >= 15 is 0 Å². The fourth-order valence-corrected chi connectivity index (χ4v) is 3.30. The van der Waals surface area contributed by atoms with E-state index in [9.17, 15) is 4.79 Å². The molecule has 0 saturated carbocycles.